The van der Waals surface area contributed by atoms with Gasteiger partial charge in [-0.3, -0.25) is 9.78 Å². The van der Waals surface area contributed by atoms with Crippen LogP contribution >= 0.6 is 0 Å². The van der Waals surface area contributed by atoms with Crippen molar-refractivity contribution in [2.45, 2.75) is 44.6 Å². The van der Waals surface area contributed by atoms with Gasteiger partial charge in [-0.05, 0) is 55.4 Å². The number of rotatable bonds is 11. The summed E-state index contributed by atoms with van der Waals surface area (Å²) in [5.74, 6) is 1.00. The number of anilines is 2. The van der Waals surface area contributed by atoms with Crippen molar-refractivity contribution >= 4 is 23.7 Å². The van der Waals surface area contributed by atoms with E-state index in [2.05, 4.69) is 43.8 Å². The van der Waals surface area contributed by atoms with E-state index in [-0.39, 0.29) is 5.91 Å². The number of nitrogens with one attached hydrogen (secondary N) is 2. The molecule has 3 aromatic rings. The Labute approximate surface area is 194 Å². The molecule has 4 rings (SSSR count). The standard InChI is InChI=1S/C26H30N6O/c27-26-31-23(17-24(32-26)30-21-12-13-21)22-10-4-3-9-20(22)8-2-1-5-16-29-25(33)14-11-19-7-6-15-28-18-19/h3-4,6-7,9-11,14-15,17-18,21H,1-2,5,8,12-13,16H2,(H,29,33)(H3,27,30,31,32)/b14-11+. The van der Waals surface area contributed by atoms with Crippen LogP contribution in [-0.4, -0.2) is 33.4 Å². The molecular formula is C26H30N6O. The summed E-state index contributed by atoms with van der Waals surface area (Å²) in [7, 11) is 0. The molecule has 0 unspecified atom stereocenters. The molecule has 2 aromatic heterocycles. The number of unbranched alkanes of at least 4 members (excludes halogenated alkanes) is 2. The first-order chi connectivity index (χ1) is 16.2. The Morgan fingerprint density at radius 1 is 1.09 bits per heavy atom. The van der Waals surface area contributed by atoms with E-state index in [1.165, 1.54) is 18.4 Å². The van der Waals surface area contributed by atoms with Gasteiger partial charge in [0, 0.05) is 42.7 Å². The van der Waals surface area contributed by atoms with Crippen LogP contribution in [0, 0.1) is 0 Å². The average Bonchev–Trinajstić information content (AvgIpc) is 3.64. The van der Waals surface area contributed by atoms with Gasteiger partial charge in [0.15, 0.2) is 0 Å². The molecule has 7 heteroatoms. The molecule has 1 aromatic carbocycles. The lowest BCUT2D eigenvalue weighted by Gasteiger charge is -2.12. The van der Waals surface area contributed by atoms with Crippen LogP contribution in [0.1, 0.15) is 43.2 Å². The minimum absolute atomic E-state index is 0.0823. The highest BCUT2D eigenvalue weighted by Crippen LogP contribution is 2.28. The third-order valence-electron chi connectivity index (χ3n) is 5.50. The molecule has 0 radical (unpaired) electrons. The van der Waals surface area contributed by atoms with E-state index >= 15 is 0 Å². The van der Waals surface area contributed by atoms with Gasteiger partial charge in [0.1, 0.15) is 5.82 Å². The maximum Gasteiger partial charge on any atom is 0.243 e. The van der Waals surface area contributed by atoms with Crippen LogP contribution in [0.5, 0.6) is 0 Å². The van der Waals surface area contributed by atoms with Crippen LogP contribution in [0.25, 0.3) is 17.3 Å². The lowest BCUT2D eigenvalue weighted by molar-refractivity contribution is -0.116. The summed E-state index contributed by atoms with van der Waals surface area (Å²) in [5, 5.41) is 6.34. The van der Waals surface area contributed by atoms with Crippen molar-refractivity contribution in [3.05, 3.63) is 72.1 Å². The molecule has 0 spiro atoms. The first-order valence-electron chi connectivity index (χ1n) is 11.5. The normalized spacial score (nSPS) is 13.2. The predicted octanol–water partition coefficient (Wildman–Crippen LogP) is 4.24. The van der Waals surface area contributed by atoms with E-state index in [1.54, 1.807) is 24.5 Å². The predicted molar refractivity (Wildman–Crippen MR) is 132 cm³/mol. The van der Waals surface area contributed by atoms with Crippen molar-refractivity contribution in [1.82, 2.24) is 20.3 Å². The topological polar surface area (TPSA) is 106 Å². The average molecular weight is 443 g/mol. The highest BCUT2D eigenvalue weighted by molar-refractivity contribution is 5.91. The highest BCUT2D eigenvalue weighted by Gasteiger charge is 2.22. The zero-order valence-corrected chi connectivity index (χ0v) is 18.7. The number of amides is 1. The molecule has 1 fully saturated rings. The number of pyridine rings is 1. The number of hydrogen-bond acceptors (Lipinski definition) is 6. The summed E-state index contributed by atoms with van der Waals surface area (Å²) in [6.45, 7) is 0.663. The summed E-state index contributed by atoms with van der Waals surface area (Å²) in [5.41, 5.74) is 10.1. The molecule has 1 saturated carbocycles. The number of nitrogens with two attached hydrogens (primary N) is 1. The zero-order chi connectivity index (χ0) is 22.9. The minimum atomic E-state index is -0.0823. The van der Waals surface area contributed by atoms with Crippen LogP contribution in [0.2, 0.25) is 0 Å². The molecule has 1 aliphatic rings. The Bertz CT molecular complexity index is 1090. The maximum absolute atomic E-state index is 12.0. The lowest BCUT2D eigenvalue weighted by atomic mass is 9.99. The number of benzene rings is 1. The van der Waals surface area contributed by atoms with Crippen LogP contribution in [0.15, 0.2) is 60.9 Å². The summed E-state index contributed by atoms with van der Waals surface area (Å²) < 4.78 is 0. The van der Waals surface area contributed by atoms with Crippen LogP contribution < -0.4 is 16.4 Å². The van der Waals surface area contributed by atoms with Gasteiger partial charge in [-0.1, -0.05) is 36.8 Å². The third kappa shape index (κ3) is 7.14. The van der Waals surface area contributed by atoms with Gasteiger partial charge in [-0.15, -0.1) is 0 Å². The summed E-state index contributed by atoms with van der Waals surface area (Å²) >= 11 is 0. The van der Waals surface area contributed by atoms with Crippen molar-refractivity contribution in [2.24, 2.45) is 0 Å². The molecule has 170 valence electrons. The van der Waals surface area contributed by atoms with Gasteiger partial charge < -0.3 is 16.4 Å². The molecule has 0 aliphatic heterocycles. The van der Waals surface area contributed by atoms with Crippen molar-refractivity contribution < 1.29 is 4.79 Å². The second-order valence-corrected chi connectivity index (χ2v) is 8.29. The molecule has 7 nitrogen and oxygen atoms in total. The number of carbonyl (C=O) groups is 1. The molecule has 1 amide bonds. The second kappa shape index (κ2) is 11.2. The van der Waals surface area contributed by atoms with E-state index in [0.717, 1.165) is 48.3 Å². The molecule has 1 aliphatic carbocycles. The van der Waals surface area contributed by atoms with Gasteiger partial charge in [0.05, 0.1) is 5.69 Å². The van der Waals surface area contributed by atoms with Gasteiger partial charge in [-0.25, -0.2) is 4.98 Å². The van der Waals surface area contributed by atoms with Gasteiger partial charge >= 0.3 is 0 Å². The molecule has 2 heterocycles. The number of nitrogen functional groups attached to an aromatic ring is 1. The lowest BCUT2D eigenvalue weighted by Crippen LogP contribution is -2.22. The fourth-order valence-electron chi connectivity index (χ4n) is 3.64. The zero-order valence-electron chi connectivity index (χ0n) is 18.7. The molecule has 0 bridgehead atoms. The van der Waals surface area contributed by atoms with Crippen LogP contribution in [-0.2, 0) is 11.2 Å². The number of carbonyl (C=O) groups excluding carboxylic acids is 1. The number of aromatic nitrogens is 3. The quantitative estimate of drug-likeness (QED) is 0.303. The first-order valence-corrected chi connectivity index (χ1v) is 11.5. The summed E-state index contributed by atoms with van der Waals surface area (Å²) in [6.07, 6.45) is 13.1. The number of nitrogens with zero attached hydrogens (tertiary/aromatic N) is 3. The van der Waals surface area contributed by atoms with E-state index < -0.39 is 0 Å². The summed E-state index contributed by atoms with van der Waals surface area (Å²) in [6, 6.07) is 14.6. The minimum Gasteiger partial charge on any atom is -0.368 e. The van der Waals surface area contributed by atoms with E-state index in [4.69, 9.17) is 5.73 Å². The number of aryl methyl sites for hydroxylation is 1. The highest BCUT2D eigenvalue weighted by atomic mass is 16.1. The monoisotopic (exact) mass is 442 g/mol. The fraction of sp³-hybridized carbons (Fsp3) is 0.308. The maximum atomic E-state index is 12.0. The van der Waals surface area contributed by atoms with E-state index in [9.17, 15) is 4.79 Å². The SMILES string of the molecule is Nc1nc(NC2CC2)cc(-c2ccccc2CCCCCNC(=O)/C=C/c2cccnc2)n1. The largest absolute Gasteiger partial charge is 0.368 e. The fourth-order valence-corrected chi connectivity index (χ4v) is 3.64. The van der Waals surface area contributed by atoms with Crippen molar-refractivity contribution in [1.29, 1.82) is 0 Å². The van der Waals surface area contributed by atoms with Crippen LogP contribution in [0.3, 0.4) is 0 Å². The summed E-state index contributed by atoms with van der Waals surface area (Å²) in [4.78, 5) is 24.8. The molecule has 0 saturated heterocycles. The number of hydrogen-bond donors (Lipinski definition) is 3. The Balaban J connectivity index is 1.24. The van der Waals surface area contributed by atoms with Gasteiger partial charge in [0.2, 0.25) is 11.9 Å². The Morgan fingerprint density at radius 3 is 2.79 bits per heavy atom. The van der Waals surface area contributed by atoms with Crippen molar-refractivity contribution in [3.8, 4) is 11.3 Å². The van der Waals surface area contributed by atoms with Gasteiger partial charge in [0.25, 0.3) is 0 Å². The van der Waals surface area contributed by atoms with Gasteiger partial charge in [-0.2, -0.15) is 4.98 Å². The molecule has 4 N–H and O–H groups in total. The van der Waals surface area contributed by atoms with Crippen molar-refractivity contribution in [2.75, 3.05) is 17.6 Å². The van der Waals surface area contributed by atoms with Crippen LogP contribution in [0.4, 0.5) is 11.8 Å². The third-order valence-corrected chi connectivity index (χ3v) is 5.50. The van der Waals surface area contributed by atoms with E-state index in [0.29, 0.717) is 18.5 Å². The first kappa shape index (κ1) is 22.5. The van der Waals surface area contributed by atoms with Crippen molar-refractivity contribution in [3.63, 3.8) is 0 Å². The Morgan fingerprint density at radius 2 is 1.97 bits per heavy atom. The van der Waals surface area contributed by atoms with E-state index in [1.807, 2.05) is 24.3 Å². The Hall–Kier alpha value is -3.74. The Kier molecular flexibility index (Phi) is 7.64. The molecule has 33 heavy (non-hydrogen) atoms. The molecule has 0 atom stereocenters. The second-order valence-electron chi connectivity index (χ2n) is 8.29. The smallest absolute Gasteiger partial charge is 0.243 e. The molecular weight excluding hydrogens is 412 g/mol.